The van der Waals surface area contributed by atoms with Crippen LogP contribution in [0, 0.1) is 5.41 Å². The molecule has 1 aliphatic carbocycles. The minimum absolute atomic E-state index is 0.157. The summed E-state index contributed by atoms with van der Waals surface area (Å²) < 4.78 is 5.74. The van der Waals surface area contributed by atoms with Gasteiger partial charge in [0.05, 0.1) is 6.10 Å². The Morgan fingerprint density at radius 3 is 2.59 bits per heavy atom. The third kappa shape index (κ3) is 2.14. The minimum Gasteiger partial charge on any atom is -0.378 e. The zero-order valence-corrected chi connectivity index (χ0v) is 11.1. The molecule has 0 bridgehead atoms. The molecule has 4 nitrogen and oxygen atoms in total. The summed E-state index contributed by atoms with van der Waals surface area (Å²) in [6.45, 7) is 7.33. The topological polar surface area (TPSA) is 38.2 Å². The van der Waals surface area contributed by atoms with Crippen LogP contribution in [0.15, 0.2) is 18.5 Å². The third-order valence-corrected chi connectivity index (χ3v) is 3.83. The minimum atomic E-state index is 0.157. The summed E-state index contributed by atoms with van der Waals surface area (Å²) >= 11 is 0. The van der Waals surface area contributed by atoms with Crippen LogP contribution in [0.4, 0.5) is 5.95 Å². The quantitative estimate of drug-likeness (QED) is 0.801. The van der Waals surface area contributed by atoms with E-state index in [0.29, 0.717) is 12.1 Å². The maximum Gasteiger partial charge on any atom is 0.225 e. The molecule has 1 aliphatic rings. The molecule has 2 unspecified atom stereocenters. The van der Waals surface area contributed by atoms with Gasteiger partial charge in [0, 0.05) is 37.5 Å². The monoisotopic (exact) mass is 235 g/mol. The van der Waals surface area contributed by atoms with Gasteiger partial charge in [0.2, 0.25) is 5.95 Å². The van der Waals surface area contributed by atoms with Gasteiger partial charge in [-0.2, -0.15) is 0 Å². The summed E-state index contributed by atoms with van der Waals surface area (Å²) in [6, 6.07) is 2.29. The van der Waals surface area contributed by atoms with Gasteiger partial charge in [-0.3, -0.25) is 0 Å². The van der Waals surface area contributed by atoms with Crippen molar-refractivity contribution in [3.8, 4) is 0 Å². The van der Waals surface area contributed by atoms with Crippen molar-refractivity contribution in [3.05, 3.63) is 18.5 Å². The first-order chi connectivity index (χ1) is 8.07. The molecule has 0 amide bonds. The van der Waals surface area contributed by atoms with Crippen LogP contribution in [0.3, 0.4) is 0 Å². The highest BCUT2D eigenvalue weighted by atomic mass is 16.5. The lowest BCUT2D eigenvalue weighted by molar-refractivity contribution is -0.105. The van der Waals surface area contributed by atoms with Crippen molar-refractivity contribution in [2.45, 2.75) is 39.3 Å². The van der Waals surface area contributed by atoms with Crippen LogP contribution < -0.4 is 4.90 Å². The molecule has 1 aromatic rings. The van der Waals surface area contributed by atoms with Crippen LogP contribution >= 0.6 is 0 Å². The lowest BCUT2D eigenvalue weighted by atomic mass is 9.64. The lowest BCUT2D eigenvalue weighted by Crippen LogP contribution is -2.61. The van der Waals surface area contributed by atoms with Crippen molar-refractivity contribution >= 4 is 5.95 Å². The highest BCUT2D eigenvalue weighted by molar-refractivity contribution is 5.32. The summed E-state index contributed by atoms with van der Waals surface area (Å²) in [4.78, 5) is 10.7. The first-order valence-electron chi connectivity index (χ1n) is 6.18. The summed E-state index contributed by atoms with van der Waals surface area (Å²) in [5, 5.41) is 0. The fourth-order valence-electron chi connectivity index (χ4n) is 2.62. The Morgan fingerprint density at radius 2 is 2.06 bits per heavy atom. The van der Waals surface area contributed by atoms with Gasteiger partial charge < -0.3 is 9.64 Å². The van der Waals surface area contributed by atoms with E-state index in [0.717, 1.165) is 19.0 Å². The second-order valence-corrected chi connectivity index (χ2v) is 5.18. The fraction of sp³-hybridized carbons (Fsp3) is 0.692. The number of rotatable bonds is 4. The smallest absolute Gasteiger partial charge is 0.225 e. The Bertz CT molecular complexity index is 366. The Morgan fingerprint density at radius 1 is 1.41 bits per heavy atom. The second-order valence-electron chi connectivity index (χ2n) is 5.18. The van der Waals surface area contributed by atoms with E-state index >= 15 is 0 Å². The van der Waals surface area contributed by atoms with Crippen molar-refractivity contribution in [1.82, 2.24) is 9.97 Å². The number of anilines is 1. The number of aromatic nitrogens is 2. The van der Waals surface area contributed by atoms with Gasteiger partial charge in [-0.1, -0.05) is 13.8 Å². The first-order valence-corrected chi connectivity index (χ1v) is 6.18. The maximum absolute atomic E-state index is 5.74. The van der Waals surface area contributed by atoms with Crippen LogP contribution in [-0.4, -0.2) is 35.8 Å². The van der Waals surface area contributed by atoms with Crippen LogP contribution in [0.1, 0.15) is 27.2 Å². The fourth-order valence-corrected chi connectivity index (χ4v) is 2.62. The Kier molecular flexibility index (Phi) is 3.33. The maximum atomic E-state index is 5.74. The second kappa shape index (κ2) is 4.61. The molecule has 4 heteroatoms. The largest absolute Gasteiger partial charge is 0.378 e. The van der Waals surface area contributed by atoms with Crippen LogP contribution in [0.25, 0.3) is 0 Å². The molecule has 2 rings (SSSR count). The van der Waals surface area contributed by atoms with Crippen molar-refractivity contribution in [3.63, 3.8) is 0 Å². The van der Waals surface area contributed by atoms with E-state index in [1.165, 1.54) is 0 Å². The van der Waals surface area contributed by atoms with Crippen LogP contribution in [0.5, 0.6) is 0 Å². The number of hydrogen-bond donors (Lipinski definition) is 0. The van der Waals surface area contributed by atoms with E-state index in [-0.39, 0.29) is 5.41 Å². The van der Waals surface area contributed by atoms with Gasteiger partial charge in [0.25, 0.3) is 0 Å². The van der Waals surface area contributed by atoms with E-state index in [4.69, 9.17) is 4.74 Å². The van der Waals surface area contributed by atoms with Gasteiger partial charge in [0.15, 0.2) is 0 Å². The molecule has 0 aromatic carbocycles. The zero-order chi connectivity index (χ0) is 12.5. The first kappa shape index (κ1) is 12.3. The Balaban J connectivity index is 2.06. The average Bonchev–Trinajstić information content (AvgIpc) is 2.34. The lowest BCUT2D eigenvalue weighted by Gasteiger charge is -2.54. The number of nitrogens with zero attached hydrogens (tertiary/aromatic N) is 3. The van der Waals surface area contributed by atoms with Crippen LogP contribution in [-0.2, 0) is 4.74 Å². The SMILES string of the molecule is CCOC1CC(N(C)c2ncccn2)C1(C)C. The van der Waals surface area contributed by atoms with Crippen molar-refractivity contribution in [1.29, 1.82) is 0 Å². The summed E-state index contributed by atoms with van der Waals surface area (Å²) in [5.74, 6) is 0.792. The molecule has 0 N–H and O–H groups in total. The van der Waals surface area contributed by atoms with E-state index in [9.17, 15) is 0 Å². The number of hydrogen-bond acceptors (Lipinski definition) is 4. The average molecular weight is 235 g/mol. The molecular weight excluding hydrogens is 214 g/mol. The molecule has 1 fully saturated rings. The Hall–Kier alpha value is -1.16. The standard InChI is InChI=1S/C13H21N3O/c1-5-17-11-9-10(13(11,2)3)16(4)12-14-7-6-8-15-12/h6-8,10-11H,5,9H2,1-4H3. The van der Waals surface area contributed by atoms with E-state index in [1.807, 2.05) is 13.0 Å². The molecule has 1 aromatic heterocycles. The molecule has 2 atom stereocenters. The molecule has 0 radical (unpaired) electrons. The summed E-state index contributed by atoms with van der Waals surface area (Å²) in [5.41, 5.74) is 0.157. The predicted octanol–water partition coefficient (Wildman–Crippen LogP) is 2.12. The van der Waals surface area contributed by atoms with Gasteiger partial charge in [-0.05, 0) is 19.4 Å². The normalized spacial score (nSPS) is 26.4. The molecule has 1 saturated carbocycles. The molecule has 94 valence electrons. The van der Waals surface area contributed by atoms with Gasteiger partial charge in [-0.25, -0.2) is 9.97 Å². The summed E-state index contributed by atoms with van der Waals surface area (Å²) in [6.07, 6.45) is 4.97. The zero-order valence-electron chi connectivity index (χ0n) is 11.1. The van der Waals surface area contributed by atoms with E-state index in [2.05, 4.69) is 35.8 Å². The predicted molar refractivity (Wildman–Crippen MR) is 68.0 cm³/mol. The van der Waals surface area contributed by atoms with E-state index in [1.54, 1.807) is 12.4 Å². The van der Waals surface area contributed by atoms with Gasteiger partial charge in [-0.15, -0.1) is 0 Å². The highest BCUT2D eigenvalue weighted by Gasteiger charge is 2.51. The van der Waals surface area contributed by atoms with Crippen molar-refractivity contribution < 1.29 is 4.74 Å². The number of ether oxygens (including phenoxy) is 1. The molecule has 1 heterocycles. The van der Waals surface area contributed by atoms with Gasteiger partial charge >= 0.3 is 0 Å². The molecule has 0 aliphatic heterocycles. The third-order valence-electron chi connectivity index (χ3n) is 3.83. The molecule has 17 heavy (non-hydrogen) atoms. The Labute approximate surface area is 103 Å². The van der Waals surface area contributed by atoms with Crippen LogP contribution in [0.2, 0.25) is 0 Å². The molecule has 0 spiro atoms. The highest BCUT2D eigenvalue weighted by Crippen LogP contribution is 2.45. The summed E-state index contributed by atoms with van der Waals surface area (Å²) in [7, 11) is 2.06. The molecular formula is C13H21N3O. The van der Waals surface area contributed by atoms with Gasteiger partial charge in [0.1, 0.15) is 0 Å². The van der Waals surface area contributed by atoms with Crippen molar-refractivity contribution in [2.24, 2.45) is 5.41 Å². The van der Waals surface area contributed by atoms with Crippen molar-refractivity contribution in [2.75, 3.05) is 18.6 Å². The molecule has 0 saturated heterocycles. The van der Waals surface area contributed by atoms with E-state index < -0.39 is 0 Å².